The second kappa shape index (κ2) is 8.04. The zero-order valence-corrected chi connectivity index (χ0v) is 15.1. The average molecular weight is 353 g/mol. The Morgan fingerprint density at radius 2 is 1.92 bits per heavy atom. The molecule has 0 fully saturated rings. The van der Waals surface area contributed by atoms with Gasteiger partial charge in [0.2, 0.25) is 0 Å². The highest BCUT2D eigenvalue weighted by atomic mass is 16.6. The Kier molecular flexibility index (Phi) is 5.56. The van der Waals surface area contributed by atoms with Crippen LogP contribution in [0.2, 0.25) is 0 Å². The first-order valence-corrected chi connectivity index (χ1v) is 8.85. The number of carbonyl (C=O) groups excluding carboxylic acids is 2. The van der Waals surface area contributed by atoms with Crippen molar-refractivity contribution in [3.63, 3.8) is 0 Å². The van der Waals surface area contributed by atoms with E-state index < -0.39 is 6.09 Å². The predicted octanol–water partition coefficient (Wildman–Crippen LogP) is 4.20. The van der Waals surface area contributed by atoms with E-state index >= 15 is 0 Å². The molecule has 0 N–H and O–H groups in total. The second-order valence-electron chi connectivity index (χ2n) is 6.48. The van der Waals surface area contributed by atoms with Gasteiger partial charge in [-0.3, -0.25) is 9.69 Å². The van der Waals surface area contributed by atoms with Crippen LogP contribution in [0.4, 0.5) is 4.79 Å². The van der Waals surface area contributed by atoms with E-state index in [0.29, 0.717) is 24.5 Å². The number of carbonyl (C=O) groups is 2. The van der Waals surface area contributed by atoms with Crippen molar-refractivity contribution in [3.05, 3.63) is 65.2 Å². The molecule has 0 saturated heterocycles. The molecular formula is C21H23NO4. The number of fused-ring (bicyclic) bond motifs is 1. The standard InChI is InChI=1S/C21H23NO4/c1-3-15(2)26-21(24)22-12-17-9-10-18(11-19(17)20(23)13-22)25-14-16-7-5-4-6-8-16/h4-11,15H,3,12-14H2,1-2H3. The van der Waals surface area contributed by atoms with Crippen LogP contribution in [0.25, 0.3) is 0 Å². The topological polar surface area (TPSA) is 55.8 Å². The Morgan fingerprint density at radius 3 is 2.65 bits per heavy atom. The Morgan fingerprint density at radius 1 is 1.15 bits per heavy atom. The molecule has 26 heavy (non-hydrogen) atoms. The van der Waals surface area contributed by atoms with Crippen molar-refractivity contribution in [2.45, 2.75) is 39.5 Å². The van der Waals surface area contributed by atoms with Crippen molar-refractivity contribution in [3.8, 4) is 5.75 Å². The van der Waals surface area contributed by atoms with Crippen molar-refractivity contribution < 1.29 is 19.1 Å². The average Bonchev–Trinajstić information content (AvgIpc) is 2.67. The number of ketones is 1. The summed E-state index contributed by atoms with van der Waals surface area (Å²) in [6, 6.07) is 15.3. The molecule has 0 saturated carbocycles. The Hall–Kier alpha value is -2.82. The van der Waals surface area contributed by atoms with E-state index in [1.165, 1.54) is 4.90 Å². The van der Waals surface area contributed by atoms with Gasteiger partial charge in [-0.15, -0.1) is 0 Å². The molecule has 0 aliphatic carbocycles. The number of hydrogen-bond acceptors (Lipinski definition) is 4. The molecule has 1 aliphatic rings. The summed E-state index contributed by atoms with van der Waals surface area (Å²) in [6.07, 6.45) is 0.141. The number of benzene rings is 2. The Labute approximate surface area is 153 Å². The highest BCUT2D eigenvalue weighted by molar-refractivity contribution is 6.01. The summed E-state index contributed by atoms with van der Waals surface area (Å²) in [7, 11) is 0. The van der Waals surface area contributed by atoms with Gasteiger partial charge in [0.15, 0.2) is 5.78 Å². The molecular weight excluding hydrogens is 330 g/mol. The first-order chi connectivity index (χ1) is 12.6. The van der Waals surface area contributed by atoms with Crippen LogP contribution < -0.4 is 4.74 Å². The number of hydrogen-bond donors (Lipinski definition) is 0. The summed E-state index contributed by atoms with van der Waals surface area (Å²) in [5.41, 5.74) is 2.49. The lowest BCUT2D eigenvalue weighted by Crippen LogP contribution is -2.40. The van der Waals surface area contributed by atoms with E-state index in [-0.39, 0.29) is 18.4 Å². The summed E-state index contributed by atoms with van der Waals surface area (Å²) in [5.74, 6) is 0.550. The smallest absolute Gasteiger partial charge is 0.410 e. The Bertz CT molecular complexity index is 788. The fourth-order valence-corrected chi connectivity index (χ4v) is 2.76. The van der Waals surface area contributed by atoms with E-state index in [1.54, 1.807) is 6.07 Å². The van der Waals surface area contributed by atoms with Gasteiger partial charge in [-0.05, 0) is 36.6 Å². The van der Waals surface area contributed by atoms with Crippen LogP contribution in [0.3, 0.4) is 0 Å². The predicted molar refractivity (Wildman–Crippen MR) is 98.2 cm³/mol. The molecule has 1 aliphatic heterocycles. The van der Waals surface area contributed by atoms with E-state index in [4.69, 9.17) is 9.47 Å². The van der Waals surface area contributed by atoms with Gasteiger partial charge in [-0.2, -0.15) is 0 Å². The third-order valence-electron chi connectivity index (χ3n) is 4.46. The van der Waals surface area contributed by atoms with E-state index in [1.807, 2.05) is 56.3 Å². The minimum Gasteiger partial charge on any atom is -0.489 e. The monoisotopic (exact) mass is 353 g/mol. The van der Waals surface area contributed by atoms with E-state index in [2.05, 4.69) is 0 Å². The van der Waals surface area contributed by atoms with Gasteiger partial charge >= 0.3 is 6.09 Å². The summed E-state index contributed by atoms with van der Waals surface area (Å²) in [4.78, 5) is 26.1. The maximum atomic E-state index is 12.5. The summed E-state index contributed by atoms with van der Waals surface area (Å²) in [5, 5.41) is 0. The summed E-state index contributed by atoms with van der Waals surface area (Å²) in [6.45, 7) is 4.64. The van der Waals surface area contributed by atoms with Crippen LogP contribution >= 0.6 is 0 Å². The number of nitrogens with zero attached hydrogens (tertiary/aromatic N) is 1. The van der Waals surface area contributed by atoms with Crippen molar-refractivity contribution >= 4 is 11.9 Å². The van der Waals surface area contributed by atoms with Gasteiger partial charge in [0.05, 0.1) is 13.1 Å². The number of amides is 1. The highest BCUT2D eigenvalue weighted by Gasteiger charge is 2.28. The number of Topliss-reactive ketones (excluding diaryl/α,β-unsaturated/α-hetero) is 1. The molecule has 1 atom stereocenters. The van der Waals surface area contributed by atoms with Crippen LogP contribution in [0.5, 0.6) is 5.75 Å². The quantitative estimate of drug-likeness (QED) is 0.808. The van der Waals surface area contributed by atoms with Crippen LogP contribution in [0.1, 0.15) is 41.8 Å². The van der Waals surface area contributed by atoms with Crippen molar-refractivity contribution in [2.24, 2.45) is 0 Å². The largest absolute Gasteiger partial charge is 0.489 e. The maximum absolute atomic E-state index is 12.5. The fraction of sp³-hybridized carbons (Fsp3) is 0.333. The molecule has 1 heterocycles. The molecule has 5 nitrogen and oxygen atoms in total. The van der Waals surface area contributed by atoms with Gasteiger partial charge < -0.3 is 9.47 Å². The summed E-state index contributed by atoms with van der Waals surface area (Å²) >= 11 is 0. The lowest BCUT2D eigenvalue weighted by atomic mass is 9.98. The molecule has 0 bridgehead atoms. The lowest BCUT2D eigenvalue weighted by molar-refractivity contribution is 0.0592. The van der Waals surface area contributed by atoms with E-state index in [0.717, 1.165) is 17.5 Å². The summed E-state index contributed by atoms with van der Waals surface area (Å²) < 4.78 is 11.1. The molecule has 1 unspecified atom stereocenters. The SMILES string of the molecule is CCC(C)OC(=O)N1CC(=O)c2cc(OCc3ccccc3)ccc2C1. The molecule has 3 rings (SSSR count). The molecule has 136 valence electrons. The van der Waals surface area contributed by atoms with Gasteiger partial charge in [0.1, 0.15) is 18.5 Å². The highest BCUT2D eigenvalue weighted by Crippen LogP contribution is 2.25. The van der Waals surface area contributed by atoms with E-state index in [9.17, 15) is 9.59 Å². The van der Waals surface area contributed by atoms with Crippen molar-refractivity contribution in [1.82, 2.24) is 4.90 Å². The maximum Gasteiger partial charge on any atom is 0.410 e. The van der Waals surface area contributed by atoms with Gasteiger partial charge in [-0.1, -0.05) is 43.3 Å². The molecule has 5 heteroatoms. The number of ether oxygens (including phenoxy) is 2. The van der Waals surface area contributed by atoms with Gasteiger partial charge in [0.25, 0.3) is 0 Å². The molecule has 2 aromatic rings. The lowest BCUT2D eigenvalue weighted by Gasteiger charge is -2.28. The zero-order valence-electron chi connectivity index (χ0n) is 15.1. The fourth-order valence-electron chi connectivity index (χ4n) is 2.76. The molecule has 1 amide bonds. The van der Waals surface area contributed by atoms with Crippen LogP contribution in [0.15, 0.2) is 48.5 Å². The first kappa shape index (κ1) is 18.0. The molecule has 0 spiro atoms. The Balaban J connectivity index is 1.68. The van der Waals surface area contributed by atoms with Crippen LogP contribution in [0, 0.1) is 0 Å². The van der Waals surface area contributed by atoms with Crippen molar-refractivity contribution in [2.75, 3.05) is 6.54 Å². The van der Waals surface area contributed by atoms with Gasteiger partial charge in [0, 0.05) is 5.56 Å². The van der Waals surface area contributed by atoms with Crippen LogP contribution in [-0.2, 0) is 17.9 Å². The van der Waals surface area contributed by atoms with Gasteiger partial charge in [-0.25, -0.2) is 4.79 Å². The molecule has 0 aromatic heterocycles. The second-order valence-corrected chi connectivity index (χ2v) is 6.48. The minimum absolute atomic E-state index is 0.0321. The van der Waals surface area contributed by atoms with Crippen LogP contribution in [-0.4, -0.2) is 29.4 Å². The minimum atomic E-state index is -0.442. The number of rotatable bonds is 5. The zero-order chi connectivity index (χ0) is 18.5. The molecule has 2 aromatic carbocycles. The van der Waals surface area contributed by atoms with Crippen molar-refractivity contribution in [1.29, 1.82) is 0 Å². The molecule has 0 radical (unpaired) electrons. The first-order valence-electron chi connectivity index (χ1n) is 8.85. The third-order valence-corrected chi connectivity index (χ3v) is 4.46. The normalized spacial score (nSPS) is 14.5. The third kappa shape index (κ3) is 4.23.